The van der Waals surface area contributed by atoms with E-state index in [0.717, 1.165) is 4.68 Å². The molecule has 0 aliphatic carbocycles. The molecule has 0 saturated heterocycles. The SMILES string of the molecule is CCn1[nH]c(C(N)=O)c(N=O)c1=O. The van der Waals surface area contributed by atoms with Gasteiger partial charge in [0, 0.05) is 6.54 Å². The molecule has 0 radical (unpaired) electrons. The molecule has 1 aromatic heterocycles. The van der Waals surface area contributed by atoms with Crippen LogP contribution in [0.5, 0.6) is 0 Å². The zero-order chi connectivity index (χ0) is 10.0. The van der Waals surface area contributed by atoms with E-state index in [2.05, 4.69) is 10.3 Å². The number of carbonyl (C=O) groups excluding carboxylic acids is 1. The van der Waals surface area contributed by atoms with Gasteiger partial charge < -0.3 is 5.73 Å². The van der Waals surface area contributed by atoms with Crippen LogP contribution < -0.4 is 11.3 Å². The fourth-order valence-electron chi connectivity index (χ4n) is 0.953. The molecular weight excluding hydrogens is 176 g/mol. The van der Waals surface area contributed by atoms with Gasteiger partial charge in [-0.05, 0) is 12.1 Å². The number of rotatable bonds is 3. The van der Waals surface area contributed by atoms with Crippen molar-refractivity contribution < 1.29 is 4.79 Å². The van der Waals surface area contributed by atoms with Gasteiger partial charge in [0.2, 0.25) is 5.69 Å². The van der Waals surface area contributed by atoms with Crippen LogP contribution in [-0.2, 0) is 6.54 Å². The third-order valence-corrected chi connectivity index (χ3v) is 1.59. The lowest BCUT2D eigenvalue weighted by atomic mass is 10.3. The number of hydrogen-bond acceptors (Lipinski definition) is 4. The van der Waals surface area contributed by atoms with E-state index in [4.69, 9.17) is 5.73 Å². The molecule has 1 aromatic rings. The van der Waals surface area contributed by atoms with E-state index in [1.165, 1.54) is 0 Å². The molecule has 0 aliphatic heterocycles. The molecule has 1 amide bonds. The zero-order valence-corrected chi connectivity index (χ0v) is 6.90. The summed E-state index contributed by atoms with van der Waals surface area (Å²) in [5, 5.41) is 4.83. The standard InChI is InChI=1S/C6H8N4O3/c1-2-10-6(12)4(9-13)3(8-10)5(7)11/h8H,2H2,1H3,(H2,7,11). The van der Waals surface area contributed by atoms with Crippen molar-refractivity contribution in [2.24, 2.45) is 10.9 Å². The van der Waals surface area contributed by atoms with Crippen LogP contribution in [0.15, 0.2) is 9.97 Å². The molecule has 13 heavy (non-hydrogen) atoms. The van der Waals surface area contributed by atoms with Gasteiger partial charge in [0.15, 0.2) is 5.69 Å². The zero-order valence-electron chi connectivity index (χ0n) is 6.90. The van der Waals surface area contributed by atoms with Crippen LogP contribution in [0, 0.1) is 4.91 Å². The molecule has 0 saturated carbocycles. The second-order valence-electron chi connectivity index (χ2n) is 2.34. The predicted octanol–water partition coefficient (Wildman–Crippen LogP) is -0.307. The Morgan fingerprint density at radius 2 is 2.31 bits per heavy atom. The summed E-state index contributed by atoms with van der Waals surface area (Å²) in [6.07, 6.45) is 0. The third-order valence-electron chi connectivity index (χ3n) is 1.59. The minimum absolute atomic E-state index is 0.248. The van der Waals surface area contributed by atoms with E-state index in [1.807, 2.05) is 0 Å². The van der Waals surface area contributed by atoms with Gasteiger partial charge in [-0.1, -0.05) is 0 Å². The summed E-state index contributed by atoms with van der Waals surface area (Å²) < 4.78 is 1.08. The van der Waals surface area contributed by atoms with E-state index in [9.17, 15) is 14.5 Å². The number of carbonyl (C=O) groups is 1. The minimum atomic E-state index is -0.876. The Morgan fingerprint density at radius 1 is 1.69 bits per heavy atom. The van der Waals surface area contributed by atoms with Gasteiger partial charge in [0.05, 0.1) is 0 Å². The first-order valence-corrected chi connectivity index (χ1v) is 3.57. The van der Waals surface area contributed by atoms with Crippen LogP contribution >= 0.6 is 0 Å². The van der Waals surface area contributed by atoms with E-state index in [-0.39, 0.29) is 5.69 Å². The lowest BCUT2D eigenvalue weighted by Crippen LogP contribution is -2.14. The normalized spacial score (nSPS) is 9.92. The highest BCUT2D eigenvalue weighted by atomic mass is 16.3. The Labute approximate surface area is 72.5 Å². The number of amides is 1. The number of hydrogen-bond donors (Lipinski definition) is 2. The quantitative estimate of drug-likeness (QED) is 0.628. The fourth-order valence-corrected chi connectivity index (χ4v) is 0.953. The summed E-state index contributed by atoms with van der Waals surface area (Å²) in [5.74, 6) is -0.876. The molecule has 0 unspecified atom stereocenters. The van der Waals surface area contributed by atoms with Crippen molar-refractivity contribution in [1.82, 2.24) is 9.78 Å². The second-order valence-corrected chi connectivity index (χ2v) is 2.34. The van der Waals surface area contributed by atoms with Crippen molar-refractivity contribution >= 4 is 11.6 Å². The Kier molecular flexibility index (Phi) is 2.27. The summed E-state index contributed by atoms with van der Waals surface area (Å²) in [7, 11) is 0. The molecule has 0 fully saturated rings. The molecule has 7 heteroatoms. The van der Waals surface area contributed by atoms with Gasteiger partial charge >= 0.3 is 0 Å². The molecule has 7 nitrogen and oxygen atoms in total. The molecule has 0 spiro atoms. The number of nitrogens with two attached hydrogens (primary N) is 1. The van der Waals surface area contributed by atoms with E-state index in [0.29, 0.717) is 6.54 Å². The van der Waals surface area contributed by atoms with Crippen LogP contribution in [0.2, 0.25) is 0 Å². The van der Waals surface area contributed by atoms with Crippen molar-refractivity contribution in [1.29, 1.82) is 0 Å². The summed E-state index contributed by atoms with van der Waals surface area (Å²) in [4.78, 5) is 32.1. The van der Waals surface area contributed by atoms with Crippen molar-refractivity contribution in [2.45, 2.75) is 13.5 Å². The summed E-state index contributed by atoms with van der Waals surface area (Å²) in [6, 6.07) is 0. The number of aromatic amines is 1. The van der Waals surface area contributed by atoms with E-state index in [1.54, 1.807) is 6.92 Å². The average Bonchev–Trinajstić information content (AvgIpc) is 2.42. The monoisotopic (exact) mass is 184 g/mol. The molecule has 1 heterocycles. The summed E-state index contributed by atoms with van der Waals surface area (Å²) >= 11 is 0. The van der Waals surface area contributed by atoms with Gasteiger partial charge in [-0.3, -0.25) is 19.4 Å². The van der Waals surface area contributed by atoms with Crippen molar-refractivity contribution in [3.63, 3.8) is 0 Å². The molecule has 3 N–H and O–H groups in total. The van der Waals surface area contributed by atoms with Gasteiger partial charge in [-0.2, -0.15) is 0 Å². The highest BCUT2D eigenvalue weighted by Gasteiger charge is 2.17. The molecule has 1 rings (SSSR count). The van der Waals surface area contributed by atoms with Crippen LogP contribution in [0.1, 0.15) is 17.4 Å². The molecule has 0 aliphatic rings. The third kappa shape index (κ3) is 1.35. The van der Waals surface area contributed by atoms with Crippen molar-refractivity contribution in [3.8, 4) is 0 Å². The van der Waals surface area contributed by atoms with Gasteiger partial charge in [0.25, 0.3) is 11.5 Å². The molecule has 0 aromatic carbocycles. The number of aromatic nitrogens is 2. The molecular formula is C6H8N4O3. The minimum Gasteiger partial charge on any atom is -0.364 e. The van der Waals surface area contributed by atoms with Crippen LogP contribution in [0.3, 0.4) is 0 Å². The largest absolute Gasteiger partial charge is 0.364 e. The lowest BCUT2D eigenvalue weighted by Gasteiger charge is -1.91. The predicted molar refractivity (Wildman–Crippen MR) is 44.7 cm³/mol. The smallest absolute Gasteiger partial charge is 0.296 e. The van der Waals surface area contributed by atoms with E-state index < -0.39 is 17.2 Å². The summed E-state index contributed by atoms with van der Waals surface area (Å²) in [5.41, 5.74) is 3.56. The first-order valence-electron chi connectivity index (χ1n) is 3.57. The van der Waals surface area contributed by atoms with Crippen LogP contribution in [0.4, 0.5) is 5.69 Å². The maximum absolute atomic E-state index is 11.2. The van der Waals surface area contributed by atoms with Gasteiger partial charge in [0.1, 0.15) is 0 Å². The number of nitrogens with zero attached hydrogens (tertiary/aromatic N) is 2. The van der Waals surface area contributed by atoms with Crippen molar-refractivity contribution in [3.05, 3.63) is 21.0 Å². The van der Waals surface area contributed by atoms with Gasteiger partial charge in [-0.15, -0.1) is 4.91 Å². The fraction of sp³-hybridized carbons (Fsp3) is 0.333. The maximum atomic E-state index is 11.2. The first-order chi connectivity index (χ1) is 6.11. The average molecular weight is 184 g/mol. The number of aryl methyl sites for hydroxylation is 1. The van der Waals surface area contributed by atoms with Crippen LogP contribution in [-0.4, -0.2) is 15.7 Å². The lowest BCUT2D eigenvalue weighted by molar-refractivity contribution is 0.0995. The maximum Gasteiger partial charge on any atom is 0.296 e. The van der Waals surface area contributed by atoms with Gasteiger partial charge in [-0.25, -0.2) is 0 Å². The molecule has 0 bridgehead atoms. The Bertz CT molecular complexity index is 403. The number of primary amides is 1. The number of H-pyrrole nitrogens is 1. The number of nitrogens with one attached hydrogen (secondary N) is 1. The highest BCUT2D eigenvalue weighted by Crippen LogP contribution is 2.09. The Morgan fingerprint density at radius 3 is 2.62 bits per heavy atom. The van der Waals surface area contributed by atoms with Crippen LogP contribution in [0.25, 0.3) is 0 Å². The molecule has 0 atom stereocenters. The van der Waals surface area contributed by atoms with Crippen molar-refractivity contribution in [2.75, 3.05) is 0 Å². The Balaban J connectivity index is 3.45. The summed E-state index contributed by atoms with van der Waals surface area (Å²) in [6.45, 7) is 1.99. The second kappa shape index (κ2) is 3.21. The molecule has 70 valence electrons. The highest BCUT2D eigenvalue weighted by molar-refractivity contribution is 5.95. The first kappa shape index (κ1) is 9.17. The Hall–Kier alpha value is -1.92. The number of nitroso groups, excluding NO2 is 1. The topological polar surface area (TPSA) is 110 Å². The van der Waals surface area contributed by atoms with E-state index >= 15 is 0 Å².